The Kier molecular flexibility index (Phi) is 4.84. The molecular formula is C18H22ClN5O2. The van der Waals surface area contributed by atoms with Crippen molar-refractivity contribution in [3.8, 4) is 5.75 Å². The molecule has 0 spiro atoms. The average Bonchev–Trinajstić information content (AvgIpc) is 2.99. The molecule has 1 aromatic carbocycles. The Morgan fingerprint density at radius 2 is 1.96 bits per heavy atom. The highest BCUT2D eigenvalue weighted by Crippen LogP contribution is 2.38. The van der Waals surface area contributed by atoms with E-state index < -0.39 is 0 Å². The number of methoxy groups -OCH3 is 1. The van der Waals surface area contributed by atoms with Gasteiger partial charge in [0.2, 0.25) is 5.95 Å². The Morgan fingerprint density at radius 1 is 1.23 bits per heavy atom. The summed E-state index contributed by atoms with van der Waals surface area (Å²) in [6.45, 7) is 4.25. The fourth-order valence-electron chi connectivity index (χ4n) is 3.39. The monoisotopic (exact) mass is 375 g/mol. The minimum Gasteiger partial charge on any atom is -0.497 e. The normalized spacial score (nSPS) is 19.6. The number of morpholine rings is 1. The van der Waals surface area contributed by atoms with Gasteiger partial charge in [-0.25, -0.2) is 4.98 Å². The maximum Gasteiger partial charge on any atom is 0.228 e. The van der Waals surface area contributed by atoms with Crippen LogP contribution in [0, 0.1) is 0 Å². The summed E-state index contributed by atoms with van der Waals surface area (Å²) >= 11 is 6.46. The highest BCUT2D eigenvalue weighted by Gasteiger charge is 2.32. The molecule has 0 bridgehead atoms. The fraction of sp³-hybridized carbons (Fsp3) is 0.444. The van der Waals surface area contributed by atoms with Crippen molar-refractivity contribution in [2.24, 2.45) is 5.73 Å². The zero-order chi connectivity index (χ0) is 18.1. The molecule has 1 fully saturated rings. The summed E-state index contributed by atoms with van der Waals surface area (Å²) in [5, 5.41) is 0.446. The number of hydrogen-bond acceptors (Lipinski definition) is 7. The third kappa shape index (κ3) is 3.30. The first kappa shape index (κ1) is 17.3. The summed E-state index contributed by atoms with van der Waals surface area (Å²) in [6, 6.07) is 7.83. The quantitative estimate of drug-likeness (QED) is 0.819. The summed E-state index contributed by atoms with van der Waals surface area (Å²) in [5.74, 6) is 2.31. The average molecular weight is 376 g/mol. The minimum atomic E-state index is -0.186. The molecule has 4 rings (SSSR count). The first-order valence-corrected chi connectivity index (χ1v) is 9.07. The van der Waals surface area contributed by atoms with Crippen molar-refractivity contribution in [3.63, 3.8) is 0 Å². The number of fused-ring (bicyclic) bond motifs is 1. The number of nitrogens with two attached hydrogens (primary N) is 1. The van der Waals surface area contributed by atoms with Crippen molar-refractivity contribution in [2.45, 2.75) is 12.6 Å². The molecule has 0 saturated carbocycles. The number of halogens is 1. The van der Waals surface area contributed by atoms with Crippen LogP contribution in [0.5, 0.6) is 5.75 Å². The van der Waals surface area contributed by atoms with Crippen molar-refractivity contribution < 1.29 is 9.47 Å². The van der Waals surface area contributed by atoms with Crippen LogP contribution in [-0.4, -0.2) is 49.9 Å². The van der Waals surface area contributed by atoms with Gasteiger partial charge in [-0.15, -0.1) is 0 Å². The number of aromatic nitrogens is 2. The van der Waals surface area contributed by atoms with Crippen LogP contribution in [0.4, 0.5) is 11.8 Å². The molecule has 0 radical (unpaired) electrons. The molecule has 1 unspecified atom stereocenters. The van der Waals surface area contributed by atoms with E-state index in [4.69, 9.17) is 31.8 Å². The van der Waals surface area contributed by atoms with E-state index >= 15 is 0 Å². The number of anilines is 2. The largest absolute Gasteiger partial charge is 0.497 e. The van der Waals surface area contributed by atoms with E-state index in [1.54, 1.807) is 7.11 Å². The van der Waals surface area contributed by atoms with Gasteiger partial charge in [-0.2, -0.15) is 4.98 Å². The van der Waals surface area contributed by atoms with Gasteiger partial charge < -0.3 is 25.0 Å². The third-order valence-corrected chi connectivity index (χ3v) is 5.07. The van der Waals surface area contributed by atoms with Gasteiger partial charge in [0.05, 0.1) is 31.9 Å². The predicted octanol–water partition coefficient (Wildman–Crippen LogP) is 2.00. The predicted molar refractivity (Wildman–Crippen MR) is 101 cm³/mol. The van der Waals surface area contributed by atoms with Gasteiger partial charge >= 0.3 is 0 Å². The van der Waals surface area contributed by atoms with E-state index in [2.05, 4.69) is 14.8 Å². The van der Waals surface area contributed by atoms with Crippen LogP contribution in [0.1, 0.15) is 17.2 Å². The second-order valence-corrected chi connectivity index (χ2v) is 6.84. The van der Waals surface area contributed by atoms with E-state index in [1.807, 2.05) is 24.3 Å². The summed E-state index contributed by atoms with van der Waals surface area (Å²) in [4.78, 5) is 13.5. The zero-order valence-electron chi connectivity index (χ0n) is 14.7. The molecule has 7 nitrogen and oxygen atoms in total. The van der Waals surface area contributed by atoms with E-state index in [0.717, 1.165) is 35.8 Å². The van der Waals surface area contributed by atoms with Gasteiger partial charge in [0.25, 0.3) is 0 Å². The third-order valence-electron chi connectivity index (χ3n) is 4.78. The maximum atomic E-state index is 6.46. The van der Waals surface area contributed by atoms with Crippen LogP contribution in [0.15, 0.2) is 24.3 Å². The van der Waals surface area contributed by atoms with E-state index in [0.29, 0.717) is 37.4 Å². The molecule has 1 atom stereocenters. The van der Waals surface area contributed by atoms with E-state index in [9.17, 15) is 0 Å². The number of rotatable bonds is 4. The lowest BCUT2D eigenvalue weighted by Gasteiger charge is -2.28. The van der Waals surface area contributed by atoms with E-state index in [-0.39, 0.29) is 6.04 Å². The Bertz CT molecular complexity index is 780. The lowest BCUT2D eigenvalue weighted by Crippen LogP contribution is -2.37. The molecule has 26 heavy (non-hydrogen) atoms. The lowest BCUT2D eigenvalue weighted by atomic mass is 10.2. The van der Waals surface area contributed by atoms with Crippen LogP contribution < -0.4 is 20.3 Å². The summed E-state index contributed by atoms with van der Waals surface area (Å²) < 4.78 is 10.6. The number of hydrogen-bond donors (Lipinski definition) is 1. The lowest BCUT2D eigenvalue weighted by molar-refractivity contribution is 0.122. The van der Waals surface area contributed by atoms with Gasteiger partial charge in [0.15, 0.2) is 0 Å². The Morgan fingerprint density at radius 3 is 2.65 bits per heavy atom. The highest BCUT2D eigenvalue weighted by molar-refractivity contribution is 6.30. The molecule has 2 aliphatic rings. The van der Waals surface area contributed by atoms with E-state index in [1.165, 1.54) is 0 Å². The van der Waals surface area contributed by atoms with Gasteiger partial charge in [-0.1, -0.05) is 23.7 Å². The molecule has 0 aliphatic carbocycles. The molecule has 2 aliphatic heterocycles. The SMILES string of the molecule is COc1ccc(CN2CC(N)c3c(Cl)nc(N4CCOCC4)nc32)cc1. The second-order valence-electron chi connectivity index (χ2n) is 6.49. The Balaban J connectivity index is 1.62. The van der Waals surface area contributed by atoms with Crippen LogP contribution in [0.2, 0.25) is 5.15 Å². The van der Waals surface area contributed by atoms with Crippen LogP contribution in [0.3, 0.4) is 0 Å². The van der Waals surface area contributed by atoms with Gasteiger partial charge in [-0.3, -0.25) is 0 Å². The summed E-state index contributed by atoms with van der Waals surface area (Å²) in [7, 11) is 1.66. The van der Waals surface area contributed by atoms with Gasteiger partial charge in [0.1, 0.15) is 16.7 Å². The van der Waals surface area contributed by atoms with Crippen LogP contribution >= 0.6 is 11.6 Å². The van der Waals surface area contributed by atoms with Crippen LogP contribution in [0.25, 0.3) is 0 Å². The van der Waals surface area contributed by atoms with Crippen molar-refractivity contribution in [1.29, 1.82) is 0 Å². The molecule has 3 heterocycles. The summed E-state index contributed by atoms with van der Waals surface area (Å²) in [5.41, 5.74) is 8.30. The standard InChI is InChI=1S/C18H22ClN5O2/c1-25-13-4-2-12(3-5-13)10-24-11-14(20)15-16(19)21-18(22-17(15)24)23-6-8-26-9-7-23/h2-5,14H,6-11,20H2,1H3. The molecule has 138 valence electrons. The smallest absolute Gasteiger partial charge is 0.228 e. The number of ether oxygens (including phenoxy) is 2. The van der Waals surface area contributed by atoms with Crippen molar-refractivity contribution in [2.75, 3.05) is 49.8 Å². The highest BCUT2D eigenvalue weighted by atomic mass is 35.5. The topological polar surface area (TPSA) is 76.7 Å². The first-order valence-electron chi connectivity index (χ1n) is 8.69. The van der Waals surface area contributed by atoms with Crippen molar-refractivity contribution >= 4 is 23.4 Å². The molecule has 2 N–H and O–H groups in total. The van der Waals surface area contributed by atoms with Crippen molar-refractivity contribution in [1.82, 2.24) is 9.97 Å². The number of benzene rings is 1. The van der Waals surface area contributed by atoms with Crippen LogP contribution in [-0.2, 0) is 11.3 Å². The fourth-order valence-corrected chi connectivity index (χ4v) is 3.69. The maximum absolute atomic E-state index is 6.46. The Hall–Kier alpha value is -2.09. The minimum absolute atomic E-state index is 0.186. The molecule has 2 aromatic rings. The number of nitrogens with zero attached hydrogens (tertiary/aromatic N) is 4. The van der Waals surface area contributed by atoms with Crippen molar-refractivity contribution in [3.05, 3.63) is 40.5 Å². The van der Waals surface area contributed by atoms with Gasteiger partial charge in [0, 0.05) is 26.2 Å². The molecular weight excluding hydrogens is 354 g/mol. The molecule has 1 aromatic heterocycles. The molecule has 8 heteroatoms. The molecule has 0 amide bonds. The Labute approximate surface area is 157 Å². The van der Waals surface area contributed by atoms with Gasteiger partial charge in [-0.05, 0) is 17.7 Å². The first-order chi connectivity index (χ1) is 12.7. The zero-order valence-corrected chi connectivity index (χ0v) is 15.4. The molecule has 1 saturated heterocycles. The second kappa shape index (κ2) is 7.26. The summed E-state index contributed by atoms with van der Waals surface area (Å²) in [6.07, 6.45) is 0.